The molecular weight excluding hydrogens is 240 g/mol. The highest BCUT2D eigenvalue weighted by atomic mass is 16.6. The largest absolute Gasteiger partial charge is 0.444 e. The van der Waals surface area contributed by atoms with E-state index in [0.29, 0.717) is 17.4 Å². The van der Waals surface area contributed by atoms with Gasteiger partial charge >= 0.3 is 6.09 Å². The molecule has 2 atom stereocenters. The Morgan fingerprint density at radius 3 is 2.58 bits per heavy atom. The van der Waals surface area contributed by atoms with E-state index in [1.807, 2.05) is 25.7 Å². The lowest BCUT2D eigenvalue weighted by Gasteiger charge is -2.31. The standard InChI is InChI=1S/C15H26N2O2/c1-14(2,3)19-13(18)17-9-11-8-16-15(12(11)10-17)6-4-5-7-15/h11-12,16H,4-10H2,1-3H3. The fourth-order valence-corrected chi connectivity index (χ4v) is 4.20. The van der Waals surface area contributed by atoms with E-state index in [0.717, 1.165) is 19.6 Å². The second kappa shape index (κ2) is 4.37. The zero-order chi connectivity index (χ0) is 13.7. The summed E-state index contributed by atoms with van der Waals surface area (Å²) in [6.45, 7) is 8.62. The number of likely N-dealkylation sites (tertiary alicyclic amines) is 1. The van der Waals surface area contributed by atoms with Crippen molar-refractivity contribution in [3.05, 3.63) is 0 Å². The molecule has 0 aromatic heterocycles. The van der Waals surface area contributed by atoms with E-state index in [4.69, 9.17) is 4.74 Å². The van der Waals surface area contributed by atoms with Crippen molar-refractivity contribution < 1.29 is 9.53 Å². The van der Waals surface area contributed by atoms with Gasteiger partial charge in [-0.25, -0.2) is 4.79 Å². The summed E-state index contributed by atoms with van der Waals surface area (Å²) in [7, 11) is 0. The summed E-state index contributed by atoms with van der Waals surface area (Å²) in [5.74, 6) is 1.27. The molecule has 2 heterocycles. The molecule has 3 fully saturated rings. The van der Waals surface area contributed by atoms with E-state index in [1.165, 1.54) is 25.7 Å². The fourth-order valence-electron chi connectivity index (χ4n) is 4.20. The first-order valence-corrected chi connectivity index (χ1v) is 7.63. The summed E-state index contributed by atoms with van der Waals surface area (Å²) in [5.41, 5.74) is -0.0560. The Kier molecular flexibility index (Phi) is 3.04. The maximum absolute atomic E-state index is 12.2. The lowest BCUT2D eigenvalue weighted by molar-refractivity contribution is 0.0273. The number of rotatable bonds is 0. The normalized spacial score (nSPS) is 32.9. The molecule has 1 saturated carbocycles. The van der Waals surface area contributed by atoms with Crippen LogP contribution in [0.1, 0.15) is 46.5 Å². The third-order valence-electron chi connectivity index (χ3n) is 5.01. The van der Waals surface area contributed by atoms with Gasteiger partial charge in [-0.05, 0) is 39.5 Å². The maximum atomic E-state index is 12.2. The van der Waals surface area contributed by atoms with Gasteiger partial charge in [-0.15, -0.1) is 0 Å². The predicted octanol–water partition coefficient (Wildman–Crippen LogP) is 2.39. The Hall–Kier alpha value is -0.770. The summed E-state index contributed by atoms with van der Waals surface area (Å²) < 4.78 is 5.50. The van der Waals surface area contributed by atoms with E-state index in [2.05, 4.69) is 5.32 Å². The van der Waals surface area contributed by atoms with Gasteiger partial charge in [-0.1, -0.05) is 12.8 Å². The summed E-state index contributed by atoms with van der Waals surface area (Å²) in [6.07, 6.45) is 5.12. The van der Waals surface area contributed by atoms with Gasteiger partial charge in [0.2, 0.25) is 0 Å². The van der Waals surface area contributed by atoms with Crippen molar-refractivity contribution >= 4 is 6.09 Å². The van der Waals surface area contributed by atoms with Gasteiger partial charge in [0, 0.05) is 31.1 Å². The number of ether oxygens (including phenoxy) is 1. The second-order valence-corrected chi connectivity index (χ2v) is 7.50. The van der Waals surface area contributed by atoms with Crippen LogP contribution in [0.4, 0.5) is 4.79 Å². The molecule has 4 nitrogen and oxygen atoms in total. The molecule has 0 bridgehead atoms. The van der Waals surface area contributed by atoms with Crippen LogP contribution in [-0.4, -0.2) is 41.8 Å². The first kappa shape index (κ1) is 13.2. The molecule has 1 N–H and O–H groups in total. The Labute approximate surface area is 115 Å². The Balaban J connectivity index is 1.66. The summed E-state index contributed by atoms with van der Waals surface area (Å²) >= 11 is 0. The van der Waals surface area contributed by atoms with Gasteiger partial charge in [0.05, 0.1) is 0 Å². The molecule has 2 unspecified atom stereocenters. The summed E-state index contributed by atoms with van der Waals surface area (Å²) in [5, 5.41) is 3.76. The van der Waals surface area contributed by atoms with Crippen molar-refractivity contribution in [2.24, 2.45) is 11.8 Å². The Bertz CT molecular complexity index is 369. The lowest BCUT2D eigenvalue weighted by Crippen LogP contribution is -2.45. The second-order valence-electron chi connectivity index (χ2n) is 7.50. The average Bonchev–Trinajstić information content (AvgIpc) is 2.98. The molecule has 1 spiro atoms. The number of carbonyl (C=O) groups is 1. The quantitative estimate of drug-likeness (QED) is 0.732. The molecule has 3 rings (SSSR count). The van der Waals surface area contributed by atoms with Gasteiger partial charge in [0.15, 0.2) is 0 Å². The highest BCUT2D eigenvalue weighted by Gasteiger charge is 2.54. The van der Waals surface area contributed by atoms with Crippen molar-refractivity contribution in [3.63, 3.8) is 0 Å². The molecule has 19 heavy (non-hydrogen) atoms. The third kappa shape index (κ3) is 2.35. The first-order valence-electron chi connectivity index (χ1n) is 7.63. The van der Waals surface area contributed by atoms with Gasteiger partial charge < -0.3 is 15.0 Å². The van der Waals surface area contributed by atoms with Crippen LogP contribution in [0.3, 0.4) is 0 Å². The van der Waals surface area contributed by atoms with Crippen LogP contribution in [0.15, 0.2) is 0 Å². The third-order valence-corrected chi connectivity index (χ3v) is 5.01. The Morgan fingerprint density at radius 2 is 1.95 bits per heavy atom. The molecule has 0 aromatic rings. The van der Waals surface area contributed by atoms with Crippen LogP contribution in [0.5, 0.6) is 0 Å². The first-order chi connectivity index (χ1) is 8.90. The molecule has 0 aromatic carbocycles. The predicted molar refractivity (Wildman–Crippen MR) is 74.0 cm³/mol. The minimum Gasteiger partial charge on any atom is -0.444 e. The topological polar surface area (TPSA) is 41.6 Å². The Morgan fingerprint density at radius 1 is 1.26 bits per heavy atom. The number of carbonyl (C=O) groups excluding carboxylic acids is 1. The molecular formula is C15H26N2O2. The van der Waals surface area contributed by atoms with Crippen molar-refractivity contribution in [3.8, 4) is 0 Å². The zero-order valence-electron chi connectivity index (χ0n) is 12.4. The van der Waals surface area contributed by atoms with Crippen molar-refractivity contribution in [2.45, 2.75) is 57.6 Å². The molecule has 0 radical (unpaired) electrons. The monoisotopic (exact) mass is 266 g/mol. The highest BCUT2D eigenvalue weighted by Crippen LogP contribution is 2.46. The molecule has 4 heteroatoms. The molecule has 2 saturated heterocycles. The van der Waals surface area contributed by atoms with Gasteiger partial charge in [0.1, 0.15) is 5.60 Å². The minimum atomic E-state index is -0.391. The minimum absolute atomic E-state index is 0.130. The number of amides is 1. The summed E-state index contributed by atoms with van der Waals surface area (Å²) in [4.78, 5) is 14.1. The van der Waals surface area contributed by atoms with Crippen molar-refractivity contribution in [2.75, 3.05) is 19.6 Å². The van der Waals surface area contributed by atoms with Crippen LogP contribution in [-0.2, 0) is 4.74 Å². The average molecular weight is 266 g/mol. The van der Waals surface area contributed by atoms with Crippen LogP contribution >= 0.6 is 0 Å². The lowest BCUT2D eigenvalue weighted by atomic mass is 9.81. The van der Waals surface area contributed by atoms with Gasteiger partial charge in [-0.3, -0.25) is 0 Å². The zero-order valence-corrected chi connectivity index (χ0v) is 12.4. The molecule has 3 aliphatic rings. The van der Waals surface area contributed by atoms with E-state index in [-0.39, 0.29) is 6.09 Å². The van der Waals surface area contributed by atoms with Crippen LogP contribution in [0, 0.1) is 11.8 Å². The number of nitrogens with one attached hydrogen (secondary N) is 1. The maximum Gasteiger partial charge on any atom is 0.410 e. The van der Waals surface area contributed by atoms with E-state index in [9.17, 15) is 4.79 Å². The highest BCUT2D eigenvalue weighted by molar-refractivity contribution is 5.68. The van der Waals surface area contributed by atoms with Crippen molar-refractivity contribution in [1.82, 2.24) is 10.2 Å². The van der Waals surface area contributed by atoms with E-state index >= 15 is 0 Å². The molecule has 1 amide bonds. The molecule has 1 aliphatic carbocycles. The van der Waals surface area contributed by atoms with Crippen molar-refractivity contribution in [1.29, 1.82) is 0 Å². The van der Waals surface area contributed by atoms with Gasteiger partial charge in [-0.2, -0.15) is 0 Å². The molecule has 108 valence electrons. The van der Waals surface area contributed by atoms with Crippen LogP contribution < -0.4 is 5.32 Å². The number of nitrogens with zero attached hydrogens (tertiary/aromatic N) is 1. The summed E-state index contributed by atoms with van der Waals surface area (Å²) in [6, 6.07) is 0. The number of hydrogen-bond acceptors (Lipinski definition) is 3. The number of fused-ring (bicyclic) bond motifs is 2. The smallest absolute Gasteiger partial charge is 0.410 e. The SMILES string of the molecule is CC(C)(C)OC(=O)N1CC2CNC3(CCCC3)C2C1. The van der Waals surface area contributed by atoms with Gasteiger partial charge in [0.25, 0.3) is 0 Å². The van der Waals surface area contributed by atoms with Crippen LogP contribution in [0.25, 0.3) is 0 Å². The van der Waals surface area contributed by atoms with E-state index < -0.39 is 5.60 Å². The van der Waals surface area contributed by atoms with Crippen LogP contribution in [0.2, 0.25) is 0 Å². The fraction of sp³-hybridized carbons (Fsp3) is 0.933. The number of hydrogen-bond donors (Lipinski definition) is 1. The molecule has 2 aliphatic heterocycles. The van der Waals surface area contributed by atoms with E-state index in [1.54, 1.807) is 0 Å².